The van der Waals surface area contributed by atoms with E-state index in [-0.39, 0.29) is 0 Å². The predicted octanol–water partition coefficient (Wildman–Crippen LogP) is 3.65. The Morgan fingerprint density at radius 2 is 1.70 bits per heavy atom. The van der Waals surface area contributed by atoms with Gasteiger partial charge in [0.15, 0.2) is 0 Å². The Bertz CT molecular complexity index is 423. The van der Waals surface area contributed by atoms with E-state index in [4.69, 9.17) is 5.73 Å². The van der Waals surface area contributed by atoms with Gasteiger partial charge in [-0.15, -0.1) is 0 Å². The summed E-state index contributed by atoms with van der Waals surface area (Å²) in [5.74, 6) is 0.622. The van der Waals surface area contributed by atoms with Crippen molar-refractivity contribution in [2.75, 3.05) is 0 Å². The fourth-order valence-corrected chi connectivity index (χ4v) is 4.00. The van der Waals surface area contributed by atoms with Crippen LogP contribution in [0.2, 0.25) is 0 Å². The molecule has 110 valence electrons. The summed E-state index contributed by atoms with van der Waals surface area (Å²) in [5, 5.41) is 0. The van der Waals surface area contributed by atoms with E-state index >= 15 is 0 Å². The van der Waals surface area contributed by atoms with Crippen molar-refractivity contribution in [1.82, 2.24) is 4.90 Å². The van der Waals surface area contributed by atoms with Gasteiger partial charge in [-0.25, -0.2) is 0 Å². The number of piperidine rings is 2. The van der Waals surface area contributed by atoms with Gasteiger partial charge in [0.2, 0.25) is 0 Å². The minimum atomic E-state index is 0.435. The highest BCUT2D eigenvalue weighted by molar-refractivity contribution is 5.25. The zero-order valence-electron chi connectivity index (χ0n) is 12.9. The van der Waals surface area contributed by atoms with E-state index in [0.29, 0.717) is 12.0 Å². The first kappa shape index (κ1) is 14.1. The van der Waals surface area contributed by atoms with Crippen LogP contribution in [0.3, 0.4) is 0 Å². The first-order valence-electron chi connectivity index (χ1n) is 8.23. The third-order valence-corrected chi connectivity index (χ3v) is 5.17. The maximum absolute atomic E-state index is 6.21. The highest BCUT2D eigenvalue weighted by atomic mass is 15.2. The lowest BCUT2D eigenvalue weighted by Gasteiger charge is -2.48. The lowest BCUT2D eigenvalue weighted by molar-refractivity contribution is 0.0245. The number of fused-ring (bicyclic) bond motifs is 2. The summed E-state index contributed by atoms with van der Waals surface area (Å²) in [6.07, 6.45) is 6.47. The predicted molar refractivity (Wildman–Crippen MR) is 84.7 cm³/mol. The van der Waals surface area contributed by atoms with E-state index in [2.05, 4.69) is 43.0 Å². The Balaban J connectivity index is 1.70. The van der Waals surface area contributed by atoms with E-state index in [1.165, 1.54) is 43.2 Å². The molecule has 0 amide bonds. The van der Waals surface area contributed by atoms with Gasteiger partial charge in [0.05, 0.1) is 0 Å². The highest BCUT2D eigenvalue weighted by Crippen LogP contribution is 2.34. The molecular formula is C18H28N2. The molecule has 2 aliphatic rings. The number of hydrogen-bond donors (Lipinski definition) is 1. The fourth-order valence-electron chi connectivity index (χ4n) is 4.00. The Morgan fingerprint density at radius 3 is 2.25 bits per heavy atom. The van der Waals surface area contributed by atoms with Gasteiger partial charge < -0.3 is 5.73 Å². The molecule has 0 spiro atoms. The van der Waals surface area contributed by atoms with Crippen molar-refractivity contribution in [1.29, 1.82) is 0 Å². The molecule has 2 N–H and O–H groups in total. The average molecular weight is 272 g/mol. The van der Waals surface area contributed by atoms with Crippen LogP contribution in [0.15, 0.2) is 24.3 Å². The molecule has 1 aromatic carbocycles. The van der Waals surface area contributed by atoms with Crippen molar-refractivity contribution in [3.63, 3.8) is 0 Å². The van der Waals surface area contributed by atoms with Crippen molar-refractivity contribution < 1.29 is 0 Å². The van der Waals surface area contributed by atoms with Crippen LogP contribution in [0.4, 0.5) is 0 Å². The van der Waals surface area contributed by atoms with Crippen LogP contribution in [-0.4, -0.2) is 23.0 Å². The zero-order valence-corrected chi connectivity index (χ0v) is 12.9. The molecule has 2 heterocycles. The van der Waals surface area contributed by atoms with E-state index < -0.39 is 0 Å². The van der Waals surface area contributed by atoms with Gasteiger partial charge in [-0.1, -0.05) is 44.5 Å². The van der Waals surface area contributed by atoms with Crippen molar-refractivity contribution in [3.8, 4) is 0 Å². The van der Waals surface area contributed by atoms with Gasteiger partial charge in [-0.3, -0.25) is 4.90 Å². The summed E-state index contributed by atoms with van der Waals surface area (Å²) < 4.78 is 0. The van der Waals surface area contributed by atoms with Crippen LogP contribution in [0, 0.1) is 0 Å². The second-order valence-corrected chi connectivity index (χ2v) is 7.04. The van der Waals surface area contributed by atoms with Crippen LogP contribution in [0.25, 0.3) is 0 Å². The quantitative estimate of drug-likeness (QED) is 0.910. The maximum atomic E-state index is 6.21. The molecule has 3 rings (SSSR count). The van der Waals surface area contributed by atoms with Crippen LogP contribution < -0.4 is 5.73 Å². The highest BCUT2D eigenvalue weighted by Gasteiger charge is 2.36. The molecular weight excluding hydrogens is 244 g/mol. The van der Waals surface area contributed by atoms with Gasteiger partial charge in [0, 0.05) is 24.7 Å². The minimum absolute atomic E-state index is 0.435. The molecule has 0 aromatic heterocycles. The minimum Gasteiger partial charge on any atom is -0.328 e. The smallest absolute Gasteiger partial charge is 0.0239 e. The molecule has 1 aromatic rings. The molecule has 0 saturated carbocycles. The molecule has 0 aliphatic carbocycles. The van der Waals surface area contributed by atoms with Gasteiger partial charge >= 0.3 is 0 Å². The van der Waals surface area contributed by atoms with Gasteiger partial charge in [-0.05, 0) is 42.7 Å². The molecule has 20 heavy (non-hydrogen) atoms. The summed E-state index contributed by atoms with van der Waals surface area (Å²) in [5.41, 5.74) is 9.11. The lowest BCUT2D eigenvalue weighted by Crippen LogP contribution is -2.54. The number of hydrogen-bond acceptors (Lipinski definition) is 2. The van der Waals surface area contributed by atoms with Gasteiger partial charge in [0.25, 0.3) is 0 Å². The van der Waals surface area contributed by atoms with Crippen molar-refractivity contribution >= 4 is 0 Å². The third-order valence-electron chi connectivity index (χ3n) is 5.17. The zero-order chi connectivity index (χ0) is 14.1. The average Bonchev–Trinajstić information content (AvgIpc) is 2.40. The Hall–Kier alpha value is -0.860. The van der Waals surface area contributed by atoms with Crippen LogP contribution >= 0.6 is 0 Å². The Kier molecular flexibility index (Phi) is 4.13. The largest absolute Gasteiger partial charge is 0.328 e. The SMILES string of the molecule is CC(C)c1ccc(CN2C3CCCC2CC(N)C3)cc1. The first-order valence-corrected chi connectivity index (χ1v) is 8.23. The standard InChI is InChI=1S/C18H28N2/c1-13(2)15-8-6-14(7-9-15)12-20-17-4-3-5-18(20)11-16(19)10-17/h6-9,13,16-18H,3-5,10-12,19H2,1-2H3. The fraction of sp³-hybridized carbons (Fsp3) is 0.667. The summed E-state index contributed by atoms with van der Waals surface area (Å²) in [4.78, 5) is 2.73. The van der Waals surface area contributed by atoms with Crippen LogP contribution in [0.5, 0.6) is 0 Å². The second kappa shape index (κ2) is 5.87. The molecule has 2 aliphatic heterocycles. The number of benzene rings is 1. The van der Waals surface area contributed by atoms with E-state index in [0.717, 1.165) is 18.6 Å². The lowest BCUT2D eigenvalue weighted by atomic mass is 9.82. The normalized spacial score (nSPS) is 30.7. The van der Waals surface area contributed by atoms with Crippen LogP contribution in [-0.2, 0) is 6.54 Å². The van der Waals surface area contributed by atoms with E-state index in [1.807, 2.05) is 0 Å². The molecule has 0 radical (unpaired) electrons. The van der Waals surface area contributed by atoms with Gasteiger partial charge in [0.1, 0.15) is 0 Å². The summed E-state index contributed by atoms with van der Waals surface area (Å²) >= 11 is 0. The van der Waals surface area contributed by atoms with Crippen molar-refractivity contribution in [3.05, 3.63) is 35.4 Å². The molecule has 2 heteroatoms. The molecule has 2 bridgehead atoms. The second-order valence-electron chi connectivity index (χ2n) is 7.04. The van der Waals surface area contributed by atoms with Gasteiger partial charge in [-0.2, -0.15) is 0 Å². The summed E-state index contributed by atoms with van der Waals surface area (Å²) in [7, 11) is 0. The van der Waals surface area contributed by atoms with Crippen LogP contribution in [0.1, 0.15) is 63.0 Å². The topological polar surface area (TPSA) is 29.3 Å². The Labute approximate surface area is 123 Å². The number of nitrogens with two attached hydrogens (primary N) is 1. The summed E-state index contributed by atoms with van der Waals surface area (Å²) in [6.45, 7) is 5.62. The third kappa shape index (κ3) is 2.91. The monoisotopic (exact) mass is 272 g/mol. The van der Waals surface area contributed by atoms with E-state index in [1.54, 1.807) is 0 Å². The first-order chi connectivity index (χ1) is 9.63. The van der Waals surface area contributed by atoms with Crippen molar-refractivity contribution in [2.45, 2.75) is 76.5 Å². The maximum Gasteiger partial charge on any atom is 0.0239 e. The molecule has 2 unspecified atom stereocenters. The molecule has 2 nitrogen and oxygen atoms in total. The Morgan fingerprint density at radius 1 is 1.10 bits per heavy atom. The molecule has 2 saturated heterocycles. The molecule has 2 atom stereocenters. The molecule has 2 fully saturated rings. The van der Waals surface area contributed by atoms with E-state index in [9.17, 15) is 0 Å². The number of rotatable bonds is 3. The van der Waals surface area contributed by atoms with Crippen molar-refractivity contribution in [2.24, 2.45) is 5.73 Å². The number of nitrogens with zero attached hydrogens (tertiary/aromatic N) is 1. The summed E-state index contributed by atoms with van der Waals surface area (Å²) in [6, 6.07) is 11.1.